The molecule has 5 rings (SSSR count). The zero-order chi connectivity index (χ0) is 22.4. The summed E-state index contributed by atoms with van der Waals surface area (Å²) in [6, 6.07) is 11.0. The molecule has 12 heteroatoms. The zero-order valence-electron chi connectivity index (χ0n) is 17.0. The molecule has 33 heavy (non-hydrogen) atoms. The highest BCUT2D eigenvalue weighted by Crippen LogP contribution is 2.35. The SMILES string of the molecule is N#Cc1cnc(N)nc1N1CC(=O)C[C@H]1c1nn2ccc(F)c2c(=O)n1-c1ccccc1.S. The summed E-state index contributed by atoms with van der Waals surface area (Å²) >= 11 is 0. The molecule has 0 aliphatic carbocycles. The lowest BCUT2D eigenvalue weighted by atomic mass is 10.1. The standard InChI is InChI=1S/C21H15FN8O2.H2S/c22-15-6-7-29-17(15)20(32)30(13-4-2-1-3-5-13)19(27-29)16-8-14(31)11-28(16)18-12(9-23)10-25-21(24)26-18;/h1-7,10,16H,8,11H2,(H2,24,25,26);1H2/t16-;/m0./s1. The van der Waals surface area contributed by atoms with Crippen LogP contribution in [0.3, 0.4) is 0 Å². The fraction of sp³-hybridized carbons (Fsp3) is 0.143. The summed E-state index contributed by atoms with van der Waals surface area (Å²) in [7, 11) is 0. The molecule has 1 fully saturated rings. The second-order valence-corrected chi connectivity index (χ2v) is 7.25. The van der Waals surface area contributed by atoms with Crippen molar-refractivity contribution in [2.24, 2.45) is 0 Å². The van der Waals surface area contributed by atoms with E-state index in [0.717, 1.165) is 10.6 Å². The van der Waals surface area contributed by atoms with E-state index in [1.807, 2.05) is 6.07 Å². The van der Waals surface area contributed by atoms with Gasteiger partial charge in [0.05, 0.1) is 24.5 Å². The number of carbonyl (C=O) groups excluding carboxylic acids is 1. The van der Waals surface area contributed by atoms with Gasteiger partial charge in [-0.05, 0) is 18.2 Å². The van der Waals surface area contributed by atoms with Crippen molar-refractivity contribution in [1.29, 1.82) is 5.26 Å². The number of aromatic nitrogens is 5. The summed E-state index contributed by atoms with van der Waals surface area (Å²) in [5.41, 5.74) is 5.49. The van der Waals surface area contributed by atoms with E-state index in [9.17, 15) is 19.2 Å². The second-order valence-electron chi connectivity index (χ2n) is 7.25. The quantitative estimate of drug-likeness (QED) is 0.482. The average Bonchev–Trinajstić information content (AvgIpc) is 3.36. The molecule has 1 saturated heterocycles. The van der Waals surface area contributed by atoms with Crippen LogP contribution in [0.1, 0.15) is 23.9 Å². The Morgan fingerprint density at radius 1 is 1.18 bits per heavy atom. The maximum atomic E-state index is 14.4. The predicted molar refractivity (Wildman–Crippen MR) is 122 cm³/mol. The molecule has 0 unspecified atom stereocenters. The van der Waals surface area contributed by atoms with Gasteiger partial charge < -0.3 is 10.6 Å². The van der Waals surface area contributed by atoms with Gasteiger partial charge in [0.15, 0.2) is 28.8 Å². The van der Waals surface area contributed by atoms with E-state index < -0.39 is 17.4 Å². The molecule has 0 spiro atoms. The topological polar surface area (TPSA) is 135 Å². The van der Waals surface area contributed by atoms with Crippen molar-refractivity contribution >= 4 is 36.6 Å². The summed E-state index contributed by atoms with van der Waals surface area (Å²) in [6.45, 7) is -0.0570. The Morgan fingerprint density at radius 3 is 2.67 bits per heavy atom. The number of fused-ring (bicyclic) bond motifs is 1. The Labute approximate surface area is 193 Å². The Kier molecular flexibility index (Phi) is 5.57. The molecule has 1 aliphatic heterocycles. The Balaban J connectivity index is 0.00000259. The highest BCUT2D eigenvalue weighted by molar-refractivity contribution is 7.59. The van der Waals surface area contributed by atoms with Crippen molar-refractivity contribution in [3.8, 4) is 11.8 Å². The number of nitriles is 1. The maximum absolute atomic E-state index is 14.4. The number of nitrogen functional groups attached to an aromatic ring is 1. The van der Waals surface area contributed by atoms with Crippen LogP contribution in [0.25, 0.3) is 11.2 Å². The van der Waals surface area contributed by atoms with Crippen LogP contribution in [0.4, 0.5) is 16.2 Å². The summed E-state index contributed by atoms with van der Waals surface area (Å²) < 4.78 is 16.8. The average molecular weight is 464 g/mol. The van der Waals surface area contributed by atoms with Gasteiger partial charge in [-0.3, -0.25) is 14.2 Å². The second kappa shape index (κ2) is 8.36. The molecular formula is C21H17FN8O2S. The van der Waals surface area contributed by atoms with Crippen molar-refractivity contribution in [2.75, 3.05) is 17.2 Å². The van der Waals surface area contributed by atoms with Gasteiger partial charge in [-0.15, -0.1) is 0 Å². The lowest BCUT2D eigenvalue weighted by Crippen LogP contribution is -2.34. The largest absolute Gasteiger partial charge is 0.368 e. The number of nitrogens with zero attached hydrogens (tertiary/aromatic N) is 7. The third kappa shape index (κ3) is 3.58. The lowest BCUT2D eigenvalue weighted by molar-refractivity contribution is -0.116. The highest BCUT2D eigenvalue weighted by Gasteiger charge is 2.38. The Bertz CT molecular complexity index is 1480. The monoisotopic (exact) mass is 464 g/mol. The van der Waals surface area contributed by atoms with Gasteiger partial charge in [-0.2, -0.15) is 28.8 Å². The van der Waals surface area contributed by atoms with Crippen LogP contribution in [-0.4, -0.2) is 36.5 Å². The van der Waals surface area contributed by atoms with Crippen LogP contribution in [0, 0.1) is 17.1 Å². The first-order valence-electron chi connectivity index (χ1n) is 9.64. The predicted octanol–water partition coefficient (Wildman–Crippen LogP) is 1.50. The molecule has 1 aliphatic rings. The summed E-state index contributed by atoms with van der Waals surface area (Å²) in [4.78, 5) is 35.4. The van der Waals surface area contributed by atoms with E-state index in [1.54, 1.807) is 35.2 Å². The summed E-state index contributed by atoms with van der Waals surface area (Å²) in [5.74, 6) is -0.523. The molecular weight excluding hydrogens is 447 g/mol. The first kappa shape index (κ1) is 22.0. The number of carbonyl (C=O) groups is 1. The van der Waals surface area contributed by atoms with E-state index in [0.29, 0.717) is 5.69 Å². The number of para-hydroxylation sites is 1. The molecule has 0 radical (unpaired) electrons. The fourth-order valence-corrected chi connectivity index (χ4v) is 3.92. The van der Waals surface area contributed by atoms with Gasteiger partial charge in [0.2, 0.25) is 5.95 Å². The van der Waals surface area contributed by atoms with E-state index in [-0.39, 0.29) is 60.9 Å². The molecule has 166 valence electrons. The van der Waals surface area contributed by atoms with Crippen LogP contribution in [0.5, 0.6) is 0 Å². The van der Waals surface area contributed by atoms with Crippen molar-refractivity contribution < 1.29 is 9.18 Å². The number of hydrogen-bond acceptors (Lipinski definition) is 8. The van der Waals surface area contributed by atoms with E-state index in [2.05, 4.69) is 15.1 Å². The molecule has 3 aromatic heterocycles. The van der Waals surface area contributed by atoms with Crippen molar-refractivity contribution in [3.63, 3.8) is 0 Å². The molecule has 1 atom stereocenters. The van der Waals surface area contributed by atoms with Gasteiger partial charge >= 0.3 is 0 Å². The maximum Gasteiger partial charge on any atom is 0.285 e. The van der Waals surface area contributed by atoms with Gasteiger partial charge in [0.1, 0.15) is 11.6 Å². The molecule has 1 aromatic carbocycles. The van der Waals surface area contributed by atoms with Gasteiger partial charge in [-0.25, -0.2) is 13.9 Å². The molecule has 4 aromatic rings. The van der Waals surface area contributed by atoms with Crippen molar-refractivity contribution in [2.45, 2.75) is 12.5 Å². The number of nitrogens with two attached hydrogens (primary N) is 1. The van der Waals surface area contributed by atoms with Crippen molar-refractivity contribution in [3.05, 3.63) is 76.4 Å². The normalized spacial score (nSPS) is 15.5. The molecule has 4 heterocycles. The van der Waals surface area contributed by atoms with Gasteiger partial charge in [-0.1, -0.05) is 18.2 Å². The molecule has 2 N–H and O–H groups in total. The van der Waals surface area contributed by atoms with E-state index in [1.165, 1.54) is 17.0 Å². The van der Waals surface area contributed by atoms with Crippen LogP contribution < -0.4 is 16.2 Å². The van der Waals surface area contributed by atoms with Crippen LogP contribution in [0.15, 0.2) is 53.6 Å². The number of hydrogen-bond donors (Lipinski definition) is 1. The first-order valence-corrected chi connectivity index (χ1v) is 9.64. The van der Waals surface area contributed by atoms with E-state index >= 15 is 0 Å². The zero-order valence-corrected chi connectivity index (χ0v) is 18.0. The van der Waals surface area contributed by atoms with Crippen LogP contribution in [0.2, 0.25) is 0 Å². The minimum absolute atomic E-state index is 0. The number of benzene rings is 1. The number of halogens is 1. The number of Topliss-reactive ketones (excluding diaryl/α,β-unsaturated/α-hetero) is 1. The smallest absolute Gasteiger partial charge is 0.285 e. The van der Waals surface area contributed by atoms with Crippen LogP contribution in [-0.2, 0) is 4.79 Å². The fourth-order valence-electron chi connectivity index (χ4n) is 3.92. The van der Waals surface area contributed by atoms with E-state index in [4.69, 9.17) is 5.73 Å². The van der Waals surface area contributed by atoms with Crippen molar-refractivity contribution in [1.82, 2.24) is 24.1 Å². The molecule has 0 amide bonds. The first-order chi connectivity index (χ1) is 15.5. The number of anilines is 2. The van der Waals surface area contributed by atoms with Gasteiger partial charge in [0, 0.05) is 12.6 Å². The summed E-state index contributed by atoms with van der Waals surface area (Å²) in [6.07, 6.45) is 2.64. The minimum Gasteiger partial charge on any atom is -0.368 e. The lowest BCUT2D eigenvalue weighted by Gasteiger charge is -2.27. The minimum atomic E-state index is -0.744. The Morgan fingerprint density at radius 2 is 1.94 bits per heavy atom. The number of ketones is 1. The van der Waals surface area contributed by atoms with Crippen LogP contribution >= 0.6 is 13.5 Å². The third-order valence-electron chi connectivity index (χ3n) is 5.30. The highest BCUT2D eigenvalue weighted by atomic mass is 32.1. The number of rotatable bonds is 3. The Hall–Kier alpha value is -4.24. The molecule has 0 saturated carbocycles. The summed E-state index contributed by atoms with van der Waals surface area (Å²) in [5, 5.41) is 14.0. The molecule has 0 bridgehead atoms. The third-order valence-corrected chi connectivity index (χ3v) is 5.30. The van der Waals surface area contributed by atoms with Gasteiger partial charge in [0.25, 0.3) is 5.56 Å². The molecule has 10 nitrogen and oxygen atoms in total.